The van der Waals surface area contributed by atoms with Gasteiger partial charge in [0.25, 0.3) is 0 Å². The van der Waals surface area contributed by atoms with Crippen LogP contribution in [-0.2, 0) is 26.6 Å². The number of rotatable bonds is 9. The Morgan fingerprint density at radius 2 is 1.38 bits per heavy atom. The second-order valence-corrected chi connectivity index (χ2v) is 12.9. The zero-order valence-corrected chi connectivity index (χ0v) is 22.0. The van der Waals surface area contributed by atoms with Crippen molar-refractivity contribution in [2.24, 2.45) is 5.92 Å². The predicted octanol–water partition coefficient (Wildman–Crippen LogP) is 3.72. The van der Waals surface area contributed by atoms with Gasteiger partial charge in [-0.05, 0) is 60.7 Å². The molecule has 0 heterocycles. The Kier molecular flexibility index (Phi) is 8.28. The molecule has 1 aliphatic rings. The summed E-state index contributed by atoms with van der Waals surface area (Å²) >= 11 is 0. The molecule has 3 rings (SSSR count). The molecule has 8 nitrogen and oxygen atoms in total. The fraction of sp³-hybridized carbons (Fsp3) is 0.500. The van der Waals surface area contributed by atoms with Crippen LogP contribution in [0.4, 0.5) is 0 Å². The highest BCUT2D eigenvalue weighted by molar-refractivity contribution is 7.89. The quantitative estimate of drug-likeness (QED) is 0.510. The summed E-state index contributed by atoms with van der Waals surface area (Å²) in [5.41, 5.74) is 0.783. The second kappa shape index (κ2) is 10.6. The lowest BCUT2D eigenvalue weighted by molar-refractivity contribution is 0.185. The number of methoxy groups -OCH3 is 2. The summed E-state index contributed by atoms with van der Waals surface area (Å²) in [6.07, 6.45) is 3.79. The van der Waals surface area contributed by atoms with Crippen LogP contribution in [0, 0.1) is 5.92 Å². The number of sulfonamides is 2. The van der Waals surface area contributed by atoms with Crippen molar-refractivity contribution < 1.29 is 26.3 Å². The minimum Gasteiger partial charge on any atom is -0.493 e. The third-order valence-electron chi connectivity index (χ3n) is 6.43. The van der Waals surface area contributed by atoms with Crippen molar-refractivity contribution in [3.05, 3.63) is 48.0 Å². The number of benzene rings is 2. The van der Waals surface area contributed by atoms with Gasteiger partial charge >= 0.3 is 0 Å². The first kappa shape index (κ1) is 26.5. The molecule has 34 heavy (non-hydrogen) atoms. The Morgan fingerprint density at radius 3 is 1.91 bits per heavy atom. The van der Waals surface area contributed by atoms with Gasteiger partial charge in [-0.25, -0.2) is 21.1 Å². The van der Waals surface area contributed by atoms with Crippen molar-refractivity contribution in [3.63, 3.8) is 0 Å². The van der Waals surface area contributed by atoms with E-state index in [0.717, 1.165) is 35.6 Å². The van der Waals surface area contributed by atoms with Gasteiger partial charge in [0.2, 0.25) is 20.0 Å². The van der Waals surface area contributed by atoms with Crippen molar-refractivity contribution in [1.82, 2.24) is 8.61 Å². The molecule has 0 N–H and O–H groups in total. The lowest BCUT2D eigenvalue weighted by Gasteiger charge is -2.38. The lowest BCUT2D eigenvalue weighted by atomic mass is 9.86. The number of hydrogen-bond acceptors (Lipinski definition) is 6. The van der Waals surface area contributed by atoms with Gasteiger partial charge in [0.1, 0.15) is 0 Å². The van der Waals surface area contributed by atoms with Crippen molar-refractivity contribution in [2.75, 3.05) is 28.3 Å². The van der Waals surface area contributed by atoms with Gasteiger partial charge in [-0.2, -0.15) is 4.31 Å². The molecule has 188 valence electrons. The standard InChI is InChI=1S/C24H34N2O6S2/c1-18-8-6-7-9-22(18)26(17-19-10-15-23(31-4)24(16-19)32-5)34(29,30)21-13-11-20(12-14-21)33(27,28)25(2)3/h10-16,18,22H,6-9,17H2,1-5H3/t18-,22-/m0/s1. The average molecular weight is 511 g/mol. The number of nitrogens with zero attached hydrogens (tertiary/aromatic N) is 2. The first-order valence-corrected chi connectivity index (χ1v) is 14.2. The topological polar surface area (TPSA) is 93.2 Å². The minimum atomic E-state index is -3.90. The summed E-state index contributed by atoms with van der Waals surface area (Å²) < 4.78 is 65.9. The van der Waals surface area contributed by atoms with E-state index in [-0.39, 0.29) is 28.3 Å². The molecule has 0 aromatic heterocycles. The highest BCUT2D eigenvalue weighted by atomic mass is 32.2. The fourth-order valence-electron chi connectivity index (χ4n) is 4.39. The van der Waals surface area contributed by atoms with Crippen LogP contribution in [-0.4, -0.2) is 59.8 Å². The van der Waals surface area contributed by atoms with E-state index in [1.54, 1.807) is 30.7 Å². The number of ether oxygens (including phenoxy) is 2. The van der Waals surface area contributed by atoms with Gasteiger partial charge in [0.15, 0.2) is 11.5 Å². The molecule has 2 aromatic rings. The maximum atomic E-state index is 13.9. The predicted molar refractivity (Wildman–Crippen MR) is 131 cm³/mol. The molecule has 0 aliphatic heterocycles. The van der Waals surface area contributed by atoms with Gasteiger partial charge < -0.3 is 9.47 Å². The zero-order valence-electron chi connectivity index (χ0n) is 20.4. The third-order valence-corrected chi connectivity index (χ3v) is 10.1. The smallest absolute Gasteiger partial charge is 0.243 e. The third kappa shape index (κ3) is 5.40. The monoisotopic (exact) mass is 510 g/mol. The maximum Gasteiger partial charge on any atom is 0.243 e. The van der Waals surface area contributed by atoms with Crippen molar-refractivity contribution in [2.45, 2.75) is 55.0 Å². The first-order chi connectivity index (χ1) is 16.0. The molecule has 0 radical (unpaired) electrons. The molecule has 1 aliphatic carbocycles. The van der Waals surface area contributed by atoms with Crippen LogP contribution in [0.5, 0.6) is 11.5 Å². The molecule has 0 unspecified atom stereocenters. The van der Waals surface area contributed by atoms with Crippen LogP contribution in [0.15, 0.2) is 52.3 Å². The van der Waals surface area contributed by atoms with Gasteiger partial charge in [-0.15, -0.1) is 0 Å². The van der Waals surface area contributed by atoms with Gasteiger partial charge in [-0.3, -0.25) is 0 Å². The molecule has 0 amide bonds. The van der Waals surface area contributed by atoms with Gasteiger partial charge in [0, 0.05) is 26.7 Å². The molecule has 1 saturated carbocycles. The van der Waals surface area contributed by atoms with Crippen molar-refractivity contribution >= 4 is 20.0 Å². The first-order valence-electron chi connectivity index (χ1n) is 11.3. The molecule has 0 bridgehead atoms. The molecule has 2 atom stereocenters. The Hall–Kier alpha value is -2.14. The van der Waals surface area contributed by atoms with Crippen LogP contribution in [0.3, 0.4) is 0 Å². The van der Waals surface area contributed by atoms with E-state index in [0.29, 0.717) is 11.5 Å². The van der Waals surface area contributed by atoms with E-state index >= 15 is 0 Å². The maximum absolute atomic E-state index is 13.9. The van der Waals surface area contributed by atoms with Crippen LogP contribution in [0.2, 0.25) is 0 Å². The summed E-state index contributed by atoms with van der Waals surface area (Å²) in [6, 6.07) is 10.7. The lowest BCUT2D eigenvalue weighted by Crippen LogP contribution is -2.44. The summed E-state index contributed by atoms with van der Waals surface area (Å²) in [7, 11) is -1.57. The average Bonchev–Trinajstić information content (AvgIpc) is 2.82. The van der Waals surface area contributed by atoms with E-state index in [1.807, 2.05) is 6.07 Å². The van der Waals surface area contributed by atoms with E-state index in [4.69, 9.17) is 9.47 Å². The summed E-state index contributed by atoms with van der Waals surface area (Å²) in [5.74, 6) is 1.31. The molecule has 0 saturated heterocycles. The van der Waals surface area contributed by atoms with Crippen LogP contribution in [0.1, 0.15) is 38.2 Å². The Bertz CT molecular complexity index is 1190. The molecule has 0 spiro atoms. The van der Waals surface area contributed by atoms with Gasteiger partial charge in [0.05, 0.1) is 24.0 Å². The van der Waals surface area contributed by atoms with Crippen LogP contribution in [0.25, 0.3) is 0 Å². The molecule has 10 heteroatoms. The fourth-order valence-corrected chi connectivity index (χ4v) is 7.03. The summed E-state index contributed by atoms with van der Waals surface area (Å²) in [4.78, 5) is 0.123. The molecular weight excluding hydrogens is 476 g/mol. The van der Waals surface area contributed by atoms with Crippen LogP contribution >= 0.6 is 0 Å². The Labute approximate surface area is 203 Å². The van der Waals surface area contributed by atoms with Gasteiger partial charge in [-0.1, -0.05) is 25.8 Å². The highest BCUT2D eigenvalue weighted by Gasteiger charge is 2.36. The molecule has 2 aromatic carbocycles. The molecule has 1 fully saturated rings. The van der Waals surface area contributed by atoms with E-state index in [1.165, 1.54) is 38.4 Å². The second-order valence-electron chi connectivity index (χ2n) is 8.83. The van der Waals surface area contributed by atoms with Crippen molar-refractivity contribution in [1.29, 1.82) is 0 Å². The van der Waals surface area contributed by atoms with Crippen LogP contribution < -0.4 is 9.47 Å². The van der Waals surface area contributed by atoms with E-state index < -0.39 is 20.0 Å². The highest BCUT2D eigenvalue weighted by Crippen LogP contribution is 2.35. The number of hydrogen-bond donors (Lipinski definition) is 0. The van der Waals surface area contributed by atoms with E-state index in [9.17, 15) is 16.8 Å². The summed E-state index contributed by atoms with van der Waals surface area (Å²) in [5, 5.41) is 0. The Morgan fingerprint density at radius 1 is 0.824 bits per heavy atom. The minimum absolute atomic E-state index is 0.0499. The largest absolute Gasteiger partial charge is 0.493 e. The van der Waals surface area contributed by atoms with E-state index in [2.05, 4.69) is 6.92 Å². The Balaban J connectivity index is 2.02. The summed E-state index contributed by atoms with van der Waals surface area (Å²) in [6.45, 7) is 2.27. The normalized spacial score (nSPS) is 19.4. The zero-order chi connectivity index (χ0) is 25.1. The van der Waals surface area contributed by atoms with Crippen molar-refractivity contribution in [3.8, 4) is 11.5 Å². The SMILES string of the molecule is COc1ccc(CN([C@H]2CCCC[C@@H]2C)S(=O)(=O)c2ccc(S(=O)(=O)N(C)C)cc2)cc1OC. The molecular formula is C24H34N2O6S2.